The van der Waals surface area contributed by atoms with Crippen molar-refractivity contribution >= 4 is 11.6 Å². The topological polar surface area (TPSA) is 78.2 Å². The number of hydrogen-bond donors (Lipinski definition) is 1. The van der Waals surface area contributed by atoms with Crippen LogP contribution < -0.4 is 0 Å². The van der Waals surface area contributed by atoms with Gasteiger partial charge in [-0.2, -0.15) is 5.26 Å². The van der Waals surface area contributed by atoms with Gasteiger partial charge in [-0.25, -0.2) is 0 Å². The van der Waals surface area contributed by atoms with E-state index in [1.807, 2.05) is 12.1 Å². The van der Waals surface area contributed by atoms with Gasteiger partial charge in [0, 0.05) is 24.7 Å². The van der Waals surface area contributed by atoms with Gasteiger partial charge in [-0.3, -0.25) is 9.59 Å². The van der Waals surface area contributed by atoms with Gasteiger partial charge in [-0.1, -0.05) is 19.4 Å². The summed E-state index contributed by atoms with van der Waals surface area (Å²) in [5.41, 5.74) is -0.173. The summed E-state index contributed by atoms with van der Waals surface area (Å²) in [6, 6.07) is 2.04. The first-order valence-electron chi connectivity index (χ1n) is 10.6. The van der Waals surface area contributed by atoms with E-state index < -0.39 is 5.60 Å². The molecule has 4 aliphatic rings. The Labute approximate surface area is 162 Å². The Balaban J connectivity index is 1.63. The van der Waals surface area contributed by atoms with Crippen molar-refractivity contribution in [3.8, 4) is 6.07 Å². The third-order valence-electron chi connectivity index (χ3n) is 9.04. The number of rotatable bonds is 3. The zero-order chi connectivity index (χ0) is 19.4. The number of nitriles is 1. The molecule has 0 heterocycles. The zero-order valence-corrected chi connectivity index (χ0v) is 16.6. The minimum Gasteiger partial charge on any atom is -0.381 e. The lowest BCUT2D eigenvalue weighted by molar-refractivity contribution is -0.162. The van der Waals surface area contributed by atoms with Crippen LogP contribution in [0.4, 0.5) is 0 Å². The standard InChI is InChI=1S/C23H31NO3/c1-21-10-7-16(25)14-15(21)5-6-17-18(21)8-11-22(2)19(17)9-12-23(22,27)20(26)4-3-13-24/h14,17-19,27H,3-12H2,1-2H3. The highest BCUT2D eigenvalue weighted by Gasteiger charge is 2.65. The SMILES string of the molecule is CC12CCC(=O)C=C1CCC1C2CCC2(C)C1CCC2(O)C(=O)CCC#N. The second-order valence-electron chi connectivity index (χ2n) is 9.91. The van der Waals surface area contributed by atoms with Crippen LogP contribution in [0.3, 0.4) is 0 Å². The Morgan fingerprint density at radius 2 is 1.93 bits per heavy atom. The average molecular weight is 370 g/mol. The summed E-state index contributed by atoms with van der Waals surface area (Å²) in [6.07, 6.45) is 9.26. The monoisotopic (exact) mass is 369 g/mol. The third-order valence-corrected chi connectivity index (χ3v) is 9.04. The van der Waals surface area contributed by atoms with Gasteiger partial charge in [0.1, 0.15) is 5.60 Å². The summed E-state index contributed by atoms with van der Waals surface area (Å²) in [6.45, 7) is 4.48. The highest BCUT2D eigenvalue weighted by atomic mass is 16.3. The fourth-order valence-electron chi connectivity index (χ4n) is 7.41. The molecule has 4 aliphatic carbocycles. The van der Waals surface area contributed by atoms with Gasteiger partial charge in [0.25, 0.3) is 0 Å². The maximum Gasteiger partial charge on any atom is 0.165 e. The van der Waals surface area contributed by atoms with Gasteiger partial charge < -0.3 is 5.11 Å². The molecule has 4 heteroatoms. The fourth-order valence-corrected chi connectivity index (χ4v) is 7.41. The van der Waals surface area contributed by atoms with Crippen molar-refractivity contribution < 1.29 is 14.7 Å². The lowest BCUT2D eigenvalue weighted by Crippen LogP contribution is -2.57. The Morgan fingerprint density at radius 1 is 1.19 bits per heavy atom. The van der Waals surface area contributed by atoms with Gasteiger partial charge >= 0.3 is 0 Å². The molecule has 0 aromatic heterocycles. The minimum absolute atomic E-state index is 0.115. The molecule has 0 bridgehead atoms. The number of carbonyl (C=O) groups excluding carboxylic acids is 2. The van der Waals surface area contributed by atoms with E-state index in [9.17, 15) is 14.7 Å². The number of nitrogens with zero attached hydrogens (tertiary/aromatic N) is 1. The van der Waals surface area contributed by atoms with Gasteiger partial charge in [-0.15, -0.1) is 0 Å². The van der Waals surface area contributed by atoms with E-state index >= 15 is 0 Å². The lowest BCUT2D eigenvalue weighted by atomic mass is 9.46. The number of aliphatic hydroxyl groups is 1. The van der Waals surface area contributed by atoms with Crippen LogP contribution in [0, 0.1) is 39.9 Å². The van der Waals surface area contributed by atoms with Gasteiger partial charge in [0.2, 0.25) is 0 Å². The summed E-state index contributed by atoms with van der Waals surface area (Å²) in [5, 5.41) is 20.3. The van der Waals surface area contributed by atoms with E-state index in [4.69, 9.17) is 5.26 Å². The maximum absolute atomic E-state index is 12.8. The van der Waals surface area contributed by atoms with Crippen LogP contribution in [0.25, 0.3) is 0 Å². The van der Waals surface area contributed by atoms with Crippen molar-refractivity contribution in [1.29, 1.82) is 5.26 Å². The van der Waals surface area contributed by atoms with E-state index in [0.717, 1.165) is 38.5 Å². The highest BCUT2D eigenvalue weighted by Crippen LogP contribution is 2.67. The molecule has 3 saturated carbocycles. The quantitative estimate of drug-likeness (QED) is 0.811. The number of ketones is 2. The smallest absolute Gasteiger partial charge is 0.165 e. The largest absolute Gasteiger partial charge is 0.381 e. The Morgan fingerprint density at radius 3 is 2.67 bits per heavy atom. The van der Waals surface area contributed by atoms with Crippen LogP contribution in [0.2, 0.25) is 0 Å². The molecule has 0 aromatic rings. The summed E-state index contributed by atoms with van der Waals surface area (Å²) >= 11 is 0. The molecule has 146 valence electrons. The van der Waals surface area contributed by atoms with Crippen molar-refractivity contribution in [3.63, 3.8) is 0 Å². The molecule has 0 aliphatic heterocycles. The number of hydrogen-bond acceptors (Lipinski definition) is 4. The Kier molecular flexibility index (Phi) is 4.38. The van der Waals surface area contributed by atoms with Gasteiger partial charge in [-0.05, 0) is 74.2 Å². The van der Waals surface area contributed by atoms with Crippen molar-refractivity contribution in [1.82, 2.24) is 0 Å². The summed E-state index contributed by atoms with van der Waals surface area (Å²) < 4.78 is 0. The van der Waals surface area contributed by atoms with Crippen LogP contribution in [0.5, 0.6) is 0 Å². The van der Waals surface area contributed by atoms with Crippen molar-refractivity contribution in [2.75, 3.05) is 0 Å². The molecular formula is C23H31NO3. The molecular weight excluding hydrogens is 338 g/mol. The Hall–Kier alpha value is -1.47. The summed E-state index contributed by atoms with van der Waals surface area (Å²) in [7, 11) is 0. The number of carbonyl (C=O) groups is 2. The summed E-state index contributed by atoms with van der Waals surface area (Å²) in [4.78, 5) is 24.8. The number of allylic oxidation sites excluding steroid dienone is 1. The predicted molar refractivity (Wildman–Crippen MR) is 102 cm³/mol. The fraction of sp³-hybridized carbons (Fsp3) is 0.783. The Bertz CT molecular complexity index is 749. The molecule has 3 fully saturated rings. The minimum atomic E-state index is -1.26. The van der Waals surface area contributed by atoms with E-state index in [1.165, 1.54) is 5.57 Å². The van der Waals surface area contributed by atoms with E-state index in [2.05, 4.69) is 13.8 Å². The first kappa shape index (κ1) is 18.9. The van der Waals surface area contributed by atoms with Crippen LogP contribution in [0.15, 0.2) is 11.6 Å². The molecule has 4 rings (SSSR count). The van der Waals surface area contributed by atoms with Crippen LogP contribution >= 0.6 is 0 Å². The summed E-state index contributed by atoms with van der Waals surface area (Å²) in [5.74, 6) is 1.60. The average Bonchev–Trinajstić information content (AvgIpc) is 2.92. The second-order valence-corrected chi connectivity index (χ2v) is 9.91. The van der Waals surface area contributed by atoms with Gasteiger partial charge in [0.15, 0.2) is 11.6 Å². The van der Waals surface area contributed by atoms with Gasteiger partial charge in [0.05, 0.1) is 6.07 Å². The van der Waals surface area contributed by atoms with E-state index in [-0.39, 0.29) is 35.2 Å². The van der Waals surface area contributed by atoms with Crippen LogP contribution in [-0.4, -0.2) is 22.3 Å². The molecule has 0 aromatic carbocycles. The maximum atomic E-state index is 12.8. The molecule has 1 N–H and O–H groups in total. The molecule has 6 unspecified atom stereocenters. The molecule has 4 nitrogen and oxygen atoms in total. The molecule has 0 amide bonds. The molecule has 6 atom stereocenters. The molecule has 0 saturated heterocycles. The van der Waals surface area contributed by atoms with E-state index in [0.29, 0.717) is 30.6 Å². The van der Waals surface area contributed by atoms with Crippen molar-refractivity contribution in [2.24, 2.45) is 28.6 Å². The third kappa shape index (κ3) is 2.50. The lowest BCUT2D eigenvalue weighted by Gasteiger charge is -2.58. The molecule has 27 heavy (non-hydrogen) atoms. The second kappa shape index (κ2) is 6.27. The van der Waals surface area contributed by atoms with Crippen LogP contribution in [-0.2, 0) is 9.59 Å². The van der Waals surface area contributed by atoms with E-state index in [1.54, 1.807) is 0 Å². The van der Waals surface area contributed by atoms with Crippen molar-refractivity contribution in [2.45, 2.75) is 83.7 Å². The normalized spacial score (nSPS) is 45.9. The predicted octanol–water partition coefficient (Wildman–Crippen LogP) is 4.12. The first-order chi connectivity index (χ1) is 12.8. The number of Topliss-reactive ketones (excluding diaryl/α,β-unsaturated/α-hetero) is 1. The highest BCUT2D eigenvalue weighted by molar-refractivity contribution is 5.91. The first-order valence-corrected chi connectivity index (χ1v) is 10.6. The van der Waals surface area contributed by atoms with Crippen molar-refractivity contribution in [3.05, 3.63) is 11.6 Å². The molecule has 0 radical (unpaired) electrons. The zero-order valence-electron chi connectivity index (χ0n) is 16.6. The number of fused-ring (bicyclic) bond motifs is 5. The molecule has 0 spiro atoms. The van der Waals surface area contributed by atoms with Crippen LogP contribution in [0.1, 0.15) is 78.1 Å².